The van der Waals surface area contributed by atoms with Crippen LogP contribution in [-0.2, 0) is 20.6 Å². The number of furan rings is 1. The van der Waals surface area contributed by atoms with Crippen molar-refractivity contribution in [3.05, 3.63) is 51.3 Å². The summed E-state index contributed by atoms with van der Waals surface area (Å²) in [4.78, 5) is 28.6. The van der Waals surface area contributed by atoms with E-state index < -0.39 is 5.69 Å². The lowest BCUT2D eigenvalue weighted by Gasteiger charge is -2.06. The summed E-state index contributed by atoms with van der Waals surface area (Å²) in [6.07, 6.45) is 3.02. The molecule has 0 N–H and O–H groups in total. The summed E-state index contributed by atoms with van der Waals surface area (Å²) in [5.74, 6) is 0.556. The van der Waals surface area contributed by atoms with Crippen molar-refractivity contribution in [2.45, 2.75) is 6.54 Å². The Morgan fingerprint density at radius 2 is 2.11 bits per heavy atom. The highest BCUT2D eigenvalue weighted by Crippen LogP contribution is 2.05. The molecule has 3 heterocycles. The van der Waals surface area contributed by atoms with E-state index in [4.69, 9.17) is 4.42 Å². The van der Waals surface area contributed by atoms with Gasteiger partial charge in [0.05, 0.1) is 19.1 Å². The molecule has 3 aromatic rings. The first kappa shape index (κ1) is 11.5. The molecule has 0 amide bonds. The zero-order chi connectivity index (χ0) is 13.6. The lowest BCUT2D eigenvalue weighted by molar-refractivity contribution is 0.480. The maximum Gasteiger partial charge on any atom is 0.332 e. The molecule has 0 fully saturated rings. The fraction of sp³-hybridized carbons (Fsp3) is 0.250. The molecule has 0 radical (unpaired) electrons. The number of nitrogens with zero attached hydrogens (tertiary/aromatic N) is 4. The first-order valence-electron chi connectivity index (χ1n) is 5.73. The number of aromatic nitrogens is 4. The fourth-order valence-corrected chi connectivity index (χ4v) is 2.09. The molecule has 98 valence electrons. The lowest BCUT2D eigenvalue weighted by atomic mass is 10.4. The van der Waals surface area contributed by atoms with Gasteiger partial charge < -0.3 is 8.98 Å². The maximum atomic E-state index is 12.4. The van der Waals surface area contributed by atoms with Crippen molar-refractivity contribution in [2.24, 2.45) is 14.1 Å². The summed E-state index contributed by atoms with van der Waals surface area (Å²) in [5, 5.41) is 0. The van der Waals surface area contributed by atoms with Gasteiger partial charge in [0.1, 0.15) is 5.76 Å². The van der Waals surface area contributed by atoms with Crippen LogP contribution in [0.25, 0.3) is 11.2 Å². The van der Waals surface area contributed by atoms with Crippen molar-refractivity contribution in [2.75, 3.05) is 0 Å². The SMILES string of the molecule is Cn1cnc2c1c(=O)n(Cc1ccco1)c(=O)n2C. The molecule has 7 heteroatoms. The van der Waals surface area contributed by atoms with Gasteiger partial charge >= 0.3 is 5.69 Å². The molecule has 7 nitrogen and oxygen atoms in total. The van der Waals surface area contributed by atoms with Gasteiger partial charge in [-0.05, 0) is 12.1 Å². The normalized spacial score (nSPS) is 11.3. The van der Waals surface area contributed by atoms with Crippen LogP contribution in [0.5, 0.6) is 0 Å². The molecule has 3 rings (SSSR count). The standard InChI is InChI=1S/C12H12N4O3/c1-14-7-13-10-9(14)11(17)16(12(18)15(10)2)6-8-4-3-5-19-8/h3-5,7H,6H2,1-2H3. The highest BCUT2D eigenvalue weighted by atomic mass is 16.3. The second-order valence-electron chi connectivity index (χ2n) is 4.34. The number of aryl methyl sites for hydroxylation is 2. The van der Waals surface area contributed by atoms with E-state index in [2.05, 4.69) is 4.98 Å². The molecular weight excluding hydrogens is 248 g/mol. The summed E-state index contributed by atoms with van der Waals surface area (Å²) < 4.78 is 9.29. The van der Waals surface area contributed by atoms with Crippen LogP contribution in [0.4, 0.5) is 0 Å². The molecule has 0 saturated heterocycles. The largest absolute Gasteiger partial charge is 0.467 e. The van der Waals surface area contributed by atoms with Gasteiger partial charge in [0, 0.05) is 14.1 Å². The Balaban J connectivity index is 2.33. The molecule has 0 saturated carbocycles. The quantitative estimate of drug-likeness (QED) is 0.653. The van der Waals surface area contributed by atoms with Crippen molar-refractivity contribution < 1.29 is 4.42 Å². The summed E-state index contributed by atoms with van der Waals surface area (Å²) in [7, 11) is 3.31. The molecular formula is C12H12N4O3. The number of fused-ring (bicyclic) bond motifs is 1. The van der Waals surface area contributed by atoms with E-state index in [1.165, 1.54) is 17.2 Å². The van der Waals surface area contributed by atoms with Gasteiger partial charge in [0.15, 0.2) is 11.2 Å². The average Bonchev–Trinajstić information content (AvgIpc) is 3.01. The Labute approximate surface area is 107 Å². The van der Waals surface area contributed by atoms with E-state index in [1.807, 2.05) is 0 Å². The summed E-state index contributed by atoms with van der Waals surface area (Å²) in [6.45, 7) is 0.111. The van der Waals surface area contributed by atoms with Crippen molar-refractivity contribution in [1.82, 2.24) is 18.7 Å². The topological polar surface area (TPSA) is 75.0 Å². The van der Waals surface area contributed by atoms with Crippen LogP contribution in [0, 0.1) is 0 Å². The van der Waals surface area contributed by atoms with E-state index in [9.17, 15) is 9.59 Å². The van der Waals surface area contributed by atoms with Gasteiger partial charge in [-0.25, -0.2) is 9.78 Å². The first-order valence-corrected chi connectivity index (χ1v) is 5.73. The Morgan fingerprint density at radius 1 is 1.32 bits per heavy atom. The Bertz CT molecular complexity index is 852. The first-order chi connectivity index (χ1) is 9.09. The second kappa shape index (κ2) is 3.98. The molecule has 0 unspecified atom stereocenters. The minimum atomic E-state index is -0.410. The van der Waals surface area contributed by atoms with Crippen molar-refractivity contribution >= 4 is 11.2 Å². The number of hydrogen-bond acceptors (Lipinski definition) is 4. The minimum absolute atomic E-state index is 0.111. The number of hydrogen-bond donors (Lipinski definition) is 0. The van der Waals surface area contributed by atoms with Crippen molar-refractivity contribution in [3.63, 3.8) is 0 Å². The third kappa shape index (κ3) is 1.62. The van der Waals surface area contributed by atoms with Crippen molar-refractivity contribution in [1.29, 1.82) is 0 Å². The summed E-state index contributed by atoms with van der Waals surface area (Å²) in [5.41, 5.74) is 0.00366. The van der Waals surface area contributed by atoms with Crippen molar-refractivity contribution in [3.8, 4) is 0 Å². The molecule has 0 aromatic carbocycles. The van der Waals surface area contributed by atoms with Gasteiger partial charge in [-0.2, -0.15) is 0 Å². The van der Waals surface area contributed by atoms with Crippen LogP contribution in [0.3, 0.4) is 0 Å². The third-order valence-electron chi connectivity index (χ3n) is 3.10. The zero-order valence-corrected chi connectivity index (χ0v) is 10.5. The Hall–Kier alpha value is -2.57. The lowest BCUT2D eigenvalue weighted by Crippen LogP contribution is -2.39. The van der Waals surface area contributed by atoms with Gasteiger partial charge in [-0.15, -0.1) is 0 Å². The van der Waals surface area contributed by atoms with Gasteiger partial charge in [-0.3, -0.25) is 13.9 Å². The molecule has 0 bridgehead atoms. The predicted octanol–water partition coefficient (Wildman–Crippen LogP) is 0.0750. The Kier molecular flexibility index (Phi) is 2.41. The Morgan fingerprint density at radius 3 is 2.79 bits per heavy atom. The molecule has 0 aliphatic rings. The van der Waals surface area contributed by atoms with Crippen LogP contribution in [-0.4, -0.2) is 18.7 Å². The van der Waals surface area contributed by atoms with Gasteiger partial charge in [0.25, 0.3) is 5.56 Å². The monoisotopic (exact) mass is 260 g/mol. The van der Waals surface area contributed by atoms with Gasteiger partial charge in [0.2, 0.25) is 0 Å². The van der Waals surface area contributed by atoms with Crippen LogP contribution >= 0.6 is 0 Å². The second-order valence-corrected chi connectivity index (χ2v) is 4.34. The van der Waals surface area contributed by atoms with Crippen LogP contribution in [0.15, 0.2) is 38.7 Å². The van der Waals surface area contributed by atoms with Crippen LogP contribution in [0.2, 0.25) is 0 Å². The fourth-order valence-electron chi connectivity index (χ4n) is 2.09. The predicted molar refractivity (Wildman–Crippen MR) is 68.0 cm³/mol. The average molecular weight is 260 g/mol. The molecule has 3 aromatic heterocycles. The highest BCUT2D eigenvalue weighted by Gasteiger charge is 2.15. The number of rotatable bonds is 2. The zero-order valence-electron chi connectivity index (χ0n) is 10.5. The van der Waals surface area contributed by atoms with E-state index in [1.54, 1.807) is 30.8 Å². The third-order valence-corrected chi connectivity index (χ3v) is 3.10. The molecule has 0 aliphatic heterocycles. The van der Waals surface area contributed by atoms with E-state index in [0.717, 1.165) is 4.57 Å². The van der Waals surface area contributed by atoms with E-state index >= 15 is 0 Å². The molecule has 0 spiro atoms. The molecule has 0 aliphatic carbocycles. The smallest absolute Gasteiger partial charge is 0.332 e. The van der Waals surface area contributed by atoms with Crippen LogP contribution < -0.4 is 11.2 Å². The van der Waals surface area contributed by atoms with E-state index in [-0.39, 0.29) is 12.1 Å². The maximum absolute atomic E-state index is 12.4. The minimum Gasteiger partial charge on any atom is -0.467 e. The summed E-state index contributed by atoms with van der Waals surface area (Å²) >= 11 is 0. The van der Waals surface area contributed by atoms with E-state index in [0.29, 0.717) is 16.9 Å². The highest BCUT2D eigenvalue weighted by molar-refractivity contribution is 5.69. The number of imidazole rings is 1. The van der Waals surface area contributed by atoms with Crippen LogP contribution in [0.1, 0.15) is 5.76 Å². The van der Waals surface area contributed by atoms with Gasteiger partial charge in [-0.1, -0.05) is 0 Å². The molecule has 0 atom stereocenters. The molecule has 19 heavy (non-hydrogen) atoms. The summed E-state index contributed by atoms with van der Waals surface area (Å²) in [6, 6.07) is 3.44.